The summed E-state index contributed by atoms with van der Waals surface area (Å²) in [5, 5.41) is 4.85. The number of ether oxygens (including phenoxy) is 1. The van der Waals surface area contributed by atoms with Crippen molar-refractivity contribution in [3.63, 3.8) is 0 Å². The van der Waals surface area contributed by atoms with Crippen molar-refractivity contribution in [1.82, 2.24) is 10.6 Å². The van der Waals surface area contributed by atoms with Gasteiger partial charge in [-0.2, -0.15) is 0 Å². The van der Waals surface area contributed by atoms with Gasteiger partial charge >= 0.3 is 0 Å². The highest BCUT2D eigenvalue weighted by Gasteiger charge is 2.07. The second-order valence-electron chi connectivity index (χ2n) is 4.12. The van der Waals surface area contributed by atoms with Crippen LogP contribution in [0.4, 0.5) is 14.5 Å². The van der Waals surface area contributed by atoms with Crippen LogP contribution in [0.3, 0.4) is 0 Å². The van der Waals surface area contributed by atoms with Gasteiger partial charge in [0.15, 0.2) is 0 Å². The van der Waals surface area contributed by atoms with E-state index >= 15 is 0 Å². The molecule has 8 heteroatoms. The van der Waals surface area contributed by atoms with Crippen molar-refractivity contribution >= 4 is 17.5 Å². The third-order valence-corrected chi connectivity index (χ3v) is 2.39. The maximum atomic E-state index is 11.7. The van der Waals surface area contributed by atoms with Gasteiger partial charge in [0.1, 0.15) is 6.61 Å². The van der Waals surface area contributed by atoms with Crippen LogP contribution in [0.25, 0.3) is 0 Å². The summed E-state index contributed by atoms with van der Waals surface area (Å²) in [5.74, 6) is -0.835. The van der Waals surface area contributed by atoms with Gasteiger partial charge in [0, 0.05) is 17.8 Å². The summed E-state index contributed by atoms with van der Waals surface area (Å²) in [6, 6.07) is 6.24. The fourth-order valence-corrected chi connectivity index (χ4v) is 1.39. The van der Waals surface area contributed by atoms with Crippen molar-refractivity contribution in [1.29, 1.82) is 0 Å². The first-order valence-electron chi connectivity index (χ1n) is 6.25. The number of nitrogens with one attached hydrogen (secondary N) is 2. The lowest BCUT2D eigenvalue weighted by Gasteiger charge is -2.07. The first kappa shape index (κ1) is 16.8. The Labute approximate surface area is 120 Å². The van der Waals surface area contributed by atoms with E-state index in [0.717, 1.165) is 0 Å². The first-order chi connectivity index (χ1) is 9.99. The molecule has 1 aromatic carbocycles. The van der Waals surface area contributed by atoms with Crippen LogP contribution in [0.15, 0.2) is 24.3 Å². The predicted octanol–water partition coefficient (Wildman–Crippen LogP) is 0.396. The number of amides is 2. The topological polar surface area (TPSA) is 93.5 Å². The van der Waals surface area contributed by atoms with Crippen molar-refractivity contribution in [2.24, 2.45) is 0 Å². The zero-order valence-corrected chi connectivity index (χ0v) is 11.3. The van der Waals surface area contributed by atoms with Crippen LogP contribution in [0.2, 0.25) is 0 Å². The molecule has 0 aromatic heterocycles. The van der Waals surface area contributed by atoms with Gasteiger partial charge in [-0.1, -0.05) is 0 Å². The summed E-state index contributed by atoms with van der Waals surface area (Å²) >= 11 is 0. The molecule has 116 valence electrons. The standard InChI is InChI=1S/C13H17F2N3O3/c14-11(15)8-21-6-5-17-12(19)7-18-13(20)9-1-3-10(16)4-2-9/h1-4,11H,5-8,16H2,(H,17,19)(H,18,20). The molecule has 6 nitrogen and oxygen atoms in total. The number of carbonyl (C=O) groups is 2. The smallest absolute Gasteiger partial charge is 0.261 e. The SMILES string of the molecule is Nc1ccc(C(=O)NCC(=O)NCCOCC(F)F)cc1. The number of halogens is 2. The van der Waals surface area contributed by atoms with Crippen LogP contribution in [0, 0.1) is 0 Å². The third-order valence-electron chi connectivity index (χ3n) is 2.39. The van der Waals surface area contributed by atoms with Gasteiger partial charge in [0.2, 0.25) is 5.91 Å². The second-order valence-corrected chi connectivity index (χ2v) is 4.12. The third kappa shape index (κ3) is 7.21. The molecule has 0 aliphatic rings. The van der Waals surface area contributed by atoms with E-state index in [2.05, 4.69) is 15.4 Å². The van der Waals surface area contributed by atoms with Gasteiger partial charge < -0.3 is 21.1 Å². The van der Waals surface area contributed by atoms with Gasteiger partial charge in [0.05, 0.1) is 13.2 Å². The van der Waals surface area contributed by atoms with Gasteiger partial charge in [0.25, 0.3) is 12.3 Å². The fourth-order valence-electron chi connectivity index (χ4n) is 1.39. The molecule has 0 fully saturated rings. The van der Waals surface area contributed by atoms with E-state index < -0.39 is 24.8 Å². The van der Waals surface area contributed by atoms with E-state index in [-0.39, 0.29) is 19.7 Å². The molecule has 21 heavy (non-hydrogen) atoms. The molecule has 0 unspecified atom stereocenters. The molecule has 0 radical (unpaired) electrons. The number of alkyl halides is 2. The van der Waals surface area contributed by atoms with E-state index in [9.17, 15) is 18.4 Å². The Hall–Kier alpha value is -2.22. The van der Waals surface area contributed by atoms with Crippen LogP contribution in [0.5, 0.6) is 0 Å². The van der Waals surface area contributed by atoms with Crippen LogP contribution < -0.4 is 16.4 Å². The number of anilines is 1. The molecule has 0 aliphatic carbocycles. The average Bonchev–Trinajstić information content (AvgIpc) is 2.44. The zero-order chi connectivity index (χ0) is 15.7. The van der Waals surface area contributed by atoms with E-state index in [4.69, 9.17) is 5.73 Å². The van der Waals surface area contributed by atoms with Gasteiger partial charge in [-0.05, 0) is 24.3 Å². The highest BCUT2D eigenvalue weighted by atomic mass is 19.3. The maximum absolute atomic E-state index is 11.7. The molecule has 0 spiro atoms. The minimum absolute atomic E-state index is 0.0119. The lowest BCUT2D eigenvalue weighted by molar-refractivity contribution is -0.120. The molecule has 2 amide bonds. The Morgan fingerprint density at radius 1 is 1.19 bits per heavy atom. The molecular formula is C13H17F2N3O3. The predicted molar refractivity (Wildman–Crippen MR) is 73.0 cm³/mol. The minimum atomic E-state index is -2.53. The summed E-state index contributed by atoms with van der Waals surface area (Å²) in [5.41, 5.74) is 6.41. The van der Waals surface area contributed by atoms with Crippen molar-refractivity contribution in [3.8, 4) is 0 Å². The monoisotopic (exact) mass is 301 g/mol. The number of hydrogen-bond acceptors (Lipinski definition) is 4. The Kier molecular flexibility index (Phi) is 7.10. The number of benzene rings is 1. The number of nitrogens with two attached hydrogens (primary N) is 1. The highest BCUT2D eigenvalue weighted by molar-refractivity contribution is 5.96. The lowest BCUT2D eigenvalue weighted by atomic mass is 10.2. The molecule has 0 atom stereocenters. The molecule has 0 aliphatic heterocycles. The molecule has 4 N–H and O–H groups in total. The molecular weight excluding hydrogens is 284 g/mol. The maximum Gasteiger partial charge on any atom is 0.261 e. The first-order valence-corrected chi connectivity index (χ1v) is 6.25. The van der Waals surface area contributed by atoms with Crippen molar-refractivity contribution in [3.05, 3.63) is 29.8 Å². The summed E-state index contributed by atoms with van der Waals surface area (Å²) in [7, 11) is 0. The fraction of sp³-hybridized carbons (Fsp3) is 0.385. The van der Waals surface area contributed by atoms with Crippen LogP contribution in [0.1, 0.15) is 10.4 Å². The molecule has 0 bridgehead atoms. The van der Waals surface area contributed by atoms with E-state index in [1.165, 1.54) is 0 Å². The number of rotatable bonds is 8. The molecule has 0 heterocycles. The van der Waals surface area contributed by atoms with Crippen LogP contribution in [-0.4, -0.2) is 44.5 Å². The van der Waals surface area contributed by atoms with Crippen molar-refractivity contribution in [2.45, 2.75) is 6.43 Å². The average molecular weight is 301 g/mol. The second kappa shape index (κ2) is 8.85. The Morgan fingerprint density at radius 3 is 2.48 bits per heavy atom. The number of nitrogen functional groups attached to an aromatic ring is 1. The van der Waals surface area contributed by atoms with Gasteiger partial charge in [-0.25, -0.2) is 8.78 Å². The summed E-state index contributed by atoms with van der Waals surface area (Å²) < 4.78 is 28.1. The van der Waals surface area contributed by atoms with E-state index in [1.54, 1.807) is 24.3 Å². The Balaban J connectivity index is 2.17. The van der Waals surface area contributed by atoms with Crippen molar-refractivity contribution < 1.29 is 23.1 Å². The summed E-state index contributed by atoms with van der Waals surface area (Å²) in [6.45, 7) is -0.785. The van der Waals surface area contributed by atoms with Crippen LogP contribution >= 0.6 is 0 Å². The molecule has 1 rings (SSSR count). The molecule has 0 saturated heterocycles. The molecule has 0 saturated carbocycles. The van der Waals surface area contributed by atoms with E-state index in [1.807, 2.05) is 0 Å². The normalized spacial score (nSPS) is 10.4. The van der Waals surface area contributed by atoms with E-state index in [0.29, 0.717) is 11.3 Å². The van der Waals surface area contributed by atoms with Crippen molar-refractivity contribution in [2.75, 3.05) is 32.0 Å². The number of hydrogen-bond donors (Lipinski definition) is 3. The molecule has 1 aromatic rings. The minimum Gasteiger partial charge on any atom is -0.399 e. The van der Waals surface area contributed by atoms with Gasteiger partial charge in [-0.3, -0.25) is 9.59 Å². The zero-order valence-electron chi connectivity index (χ0n) is 11.3. The quantitative estimate of drug-likeness (QED) is 0.478. The highest BCUT2D eigenvalue weighted by Crippen LogP contribution is 2.04. The lowest BCUT2D eigenvalue weighted by Crippen LogP contribution is -2.38. The summed E-state index contributed by atoms with van der Waals surface area (Å²) in [6.07, 6.45) is -2.53. The number of carbonyl (C=O) groups excluding carboxylic acids is 2. The largest absolute Gasteiger partial charge is 0.399 e. The van der Waals surface area contributed by atoms with Gasteiger partial charge in [-0.15, -0.1) is 0 Å². The van der Waals surface area contributed by atoms with Crippen LogP contribution in [-0.2, 0) is 9.53 Å². The summed E-state index contributed by atoms with van der Waals surface area (Å²) in [4.78, 5) is 23.1. The Bertz CT molecular complexity index is 466. The Morgan fingerprint density at radius 2 is 1.86 bits per heavy atom.